The van der Waals surface area contributed by atoms with Gasteiger partial charge in [-0.25, -0.2) is 9.78 Å². The van der Waals surface area contributed by atoms with Gasteiger partial charge in [-0.2, -0.15) is 0 Å². The van der Waals surface area contributed by atoms with Gasteiger partial charge in [-0.15, -0.1) is 11.3 Å². The molecule has 0 unspecified atom stereocenters. The van der Waals surface area contributed by atoms with Crippen molar-refractivity contribution in [3.05, 3.63) is 40.6 Å². The van der Waals surface area contributed by atoms with Crippen LogP contribution in [0.4, 0.5) is 4.79 Å². The highest BCUT2D eigenvalue weighted by atomic mass is 32.1. The SMILES string of the molecule is O=C(NCc1csc(C2CC2)n1)N1CC[C@H](Oc2cccnc2)C1. The van der Waals surface area contributed by atoms with Crippen LogP contribution >= 0.6 is 11.3 Å². The number of carbonyl (C=O) groups is 1. The fraction of sp³-hybridized carbons (Fsp3) is 0.471. The first kappa shape index (κ1) is 15.4. The van der Waals surface area contributed by atoms with E-state index in [0.29, 0.717) is 25.6 Å². The molecule has 2 aliphatic rings. The van der Waals surface area contributed by atoms with Crippen molar-refractivity contribution in [1.29, 1.82) is 0 Å². The summed E-state index contributed by atoms with van der Waals surface area (Å²) in [5, 5.41) is 6.22. The lowest BCUT2D eigenvalue weighted by atomic mass is 10.3. The summed E-state index contributed by atoms with van der Waals surface area (Å²) in [6.45, 7) is 1.80. The molecule has 126 valence electrons. The minimum atomic E-state index is -0.0479. The van der Waals surface area contributed by atoms with Gasteiger partial charge in [0.25, 0.3) is 0 Å². The Morgan fingerprint density at radius 3 is 3.12 bits per heavy atom. The van der Waals surface area contributed by atoms with Crippen LogP contribution in [0.25, 0.3) is 0 Å². The Morgan fingerprint density at radius 1 is 1.42 bits per heavy atom. The second-order valence-electron chi connectivity index (χ2n) is 6.27. The van der Waals surface area contributed by atoms with E-state index in [9.17, 15) is 4.79 Å². The zero-order valence-corrected chi connectivity index (χ0v) is 14.2. The van der Waals surface area contributed by atoms with E-state index in [4.69, 9.17) is 4.74 Å². The summed E-state index contributed by atoms with van der Waals surface area (Å²) in [5.41, 5.74) is 0.956. The third kappa shape index (κ3) is 3.67. The molecule has 2 fully saturated rings. The fourth-order valence-corrected chi connectivity index (χ4v) is 3.81. The number of urea groups is 1. The zero-order valence-electron chi connectivity index (χ0n) is 13.4. The maximum atomic E-state index is 12.3. The Kier molecular flexibility index (Phi) is 4.34. The highest BCUT2D eigenvalue weighted by molar-refractivity contribution is 7.09. The number of hydrogen-bond donors (Lipinski definition) is 1. The van der Waals surface area contributed by atoms with Gasteiger partial charge in [-0.05, 0) is 25.0 Å². The molecule has 1 saturated carbocycles. The van der Waals surface area contributed by atoms with Crippen LogP contribution in [0.5, 0.6) is 5.75 Å². The number of likely N-dealkylation sites (tertiary alicyclic amines) is 1. The van der Waals surface area contributed by atoms with Crippen LogP contribution < -0.4 is 10.1 Å². The Bertz CT molecular complexity index is 702. The van der Waals surface area contributed by atoms with Crippen LogP contribution in [-0.2, 0) is 6.54 Å². The van der Waals surface area contributed by atoms with Gasteiger partial charge in [0.05, 0.1) is 30.0 Å². The van der Waals surface area contributed by atoms with Crippen molar-refractivity contribution in [3.63, 3.8) is 0 Å². The van der Waals surface area contributed by atoms with Crippen molar-refractivity contribution in [2.45, 2.75) is 37.8 Å². The van der Waals surface area contributed by atoms with E-state index in [1.54, 1.807) is 28.6 Å². The van der Waals surface area contributed by atoms with E-state index in [0.717, 1.165) is 17.9 Å². The van der Waals surface area contributed by atoms with Crippen molar-refractivity contribution in [2.24, 2.45) is 0 Å². The van der Waals surface area contributed by atoms with Crippen molar-refractivity contribution >= 4 is 17.4 Å². The molecule has 24 heavy (non-hydrogen) atoms. The smallest absolute Gasteiger partial charge is 0.317 e. The van der Waals surface area contributed by atoms with Crippen molar-refractivity contribution in [1.82, 2.24) is 20.2 Å². The van der Waals surface area contributed by atoms with E-state index >= 15 is 0 Å². The monoisotopic (exact) mass is 344 g/mol. The van der Waals surface area contributed by atoms with Crippen molar-refractivity contribution in [3.8, 4) is 5.75 Å². The normalized spacial score (nSPS) is 20.2. The summed E-state index contributed by atoms with van der Waals surface area (Å²) < 4.78 is 5.86. The van der Waals surface area contributed by atoms with Crippen LogP contribution in [0, 0.1) is 0 Å². The molecule has 1 saturated heterocycles. The van der Waals surface area contributed by atoms with Crippen LogP contribution in [0.3, 0.4) is 0 Å². The molecule has 0 spiro atoms. The van der Waals surface area contributed by atoms with E-state index in [2.05, 4.69) is 15.3 Å². The van der Waals surface area contributed by atoms with Crippen LogP contribution in [-0.4, -0.2) is 40.1 Å². The quantitative estimate of drug-likeness (QED) is 0.906. The molecule has 0 bridgehead atoms. The number of hydrogen-bond acceptors (Lipinski definition) is 5. The second kappa shape index (κ2) is 6.76. The average Bonchev–Trinajstić information content (AvgIpc) is 3.17. The molecular formula is C17H20N4O2S. The molecule has 3 heterocycles. The van der Waals surface area contributed by atoms with Crippen LogP contribution in [0.2, 0.25) is 0 Å². The Labute approximate surface area is 144 Å². The Hall–Kier alpha value is -2.15. The molecule has 1 aliphatic heterocycles. The largest absolute Gasteiger partial charge is 0.487 e. The molecular weight excluding hydrogens is 324 g/mol. The summed E-state index contributed by atoms with van der Waals surface area (Å²) in [6, 6.07) is 3.68. The predicted octanol–water partition coefficient (Wildman–Crippen LogP) is 2.78. The molecule has 0 aromatic carbocycles. The number of nitrogens with one attached hydrogen (secondary N) is 1. The number of thiazole rings is 1. The predicted molar refractivity (Wildman–Crippen MR) is 91.2 cm³/mol. The van der Waals surface area contributed by atoms with Gasteiger partial charge in [0.15, 0.2) is 0 Å². The van der Waals surface area contributed by atoms with E-state index < -0.39 is 0 Å². The number of amides is 2. The first-order chi connectivity index (χ1) is 11.8. The van der Waals surface area contributed by atoms with Gasteiger partial charge in [-0.3, -0.25) is 4.98 Å². The first-order valence-electron chi connectivity index (χ1n) is 8.31. The van der Waals surface area contributed by atoms with Crippen LogP contribution in [0.15, 0.2) is 29.9 Å². The Morgan fingerprint density at radius 2 is 2.33 bits per heavy atom. The molecule has 6 nitrogen and oxygen atoms in total. The lowest BCUT2D eigenvalue weighted by Crippen LogP contribution is -2.39. The molecule has 2 aromatic heterocycles. The minimum absolute atomic E-state index is 0.0284. The lowest BCUT2D eigenvalue weighted by molar-refractivity contribution is 0.186. The highest BCUT2D eigenvalue weighted by Gasteiger charge is 2.28. The third-order valence-electron chi connectivity index (χ3n) is 4.29. The number of pyridine rings is 1. The van der Waals surface area contributed by atoms with Gasteiger partial charge in [0, 0.05) is 30.5 Å². The van der Waals surface area contributed by atoms with Crippen LogP contribution in [0.1, 0.15) is 35.9 Å². The van der Waals surface area contributed by atoms with Gasteiger partial charge >= 0.3 is 6.03 Å². The molecule has 1 N–H and O–H groups in total. The van der Waals surface area contributed by atoms with Gasteiger partial charge in [-0.1, -0.05) is 0 Å². The average molecular weight is 344 g/mol. The standard InChI is InChI=1S/C17H20N4O2S/c22-17(19-8-13-11-24-16(20-13)12-3-4-12)21-7-5-15(10-21)23-14-2-1-6-18-9-14/h1-2,6,9,11-12,15H,3-5,7-8,10H2,(H,19,22)/t15-/m0/s1. The summed E-state index contributed by atoms with van der Waals surface area (Å²) in [4.78, 5) is 22.7. The summed E-state index contributed by atoms with van der Waals surface area (Å²) >= 11 is 1.70. The fourth-order valence-electron chi connectivity index (χ4n) is 2.82. The summed E-state index contributed by atoms with van der Waals surface area (Å²) in [7, 11) is 0. The third-order valence-corrected chi connectivity index (χ3v) is 5.34. The number of carbonyl (C=O) groups excluding carboxylic acids is 1. The maximum Gasteiger partial charge on any atom is 0.317 e. The minimum Gasteiger partial charge on any atom is -0.487 e. The highest BCUT2D eigenvalue weighted by Crippen LogP contribution is 2.41. The summed E-state index contributed by atoms with van der Waals surface area (Å²) in [6.07, 6.45) is 6.79. The number of aromatic nitrogens is 2. The summed E-state index contributed by atoms with van der Waals surface area (Å²) in [5.74, 6) is 1.42. The molecule has 4 rings (SSSR count). The topological polar surface area (TPSA) is 67.4 Å². The molecule has 7 heteroatoms. The van der Waals surface area contributed by atoms with E-state index in [1.807, 2.05) is 17.5 Å². The zero-order chi connectivity index (χ0) is 16.4. The van der Waals surface area contributed by atoms with Gasteiger partial charge < -0.3 is 15.0 Å². The van der Waals surface area contributed by atoms with Gasteiger partial charge in [0.1, 0.15) is 11.9 Å². The molecule has 1 aliphatic carbocycles. The van der Waals surface area contributed by atoms with Crippen molar-refractivity contribution in [2.75, 3.05) is 13.1 Å². The van der Waals surface area contributed by atoms with Gasteiger partial charge in [0.2, 0.25) is 0 Å². The molecule has 2 amide bonds. The molecule has 2 aromatic rings. The van der Waals surface area contributed by atoms with E-state index in [-0.39, 0.29) is 12.1 Å². The number of nitrogens with zero attached hydrogens (tertiary/aromatic N) is 3. The number of rotatable bonds is 5. The maximum absolute atomic E-state index is 12.3. The molecule has 0 radical (unpaired) electrons. The van der Waals surface area contributed by atoms with Crippen molar-refractivity contribution < 1.29 is 9.53 Å². The molecule has 1 atom stereocenters. The lowest BCUT2D eigenvalue weighted by Gasteiger charge is -2.17. The number of ether oxygens (including phenoxy) is 1. The second-order valence-corrected chi connectivity index (χ2v) is 7.16. The van der Waals surface area contributed by atoms with E-state index in [1.165, 1.54) is 17.8 Å². The first-order valence-corrected chi connectivity index (χ1v) is 9.19. The Balaban J connectivity index is 1.24.